The molecule has 1 amide bonds. The van der Waals surface area contributed by atoms with Gasteiger partial charge in [-0.25, -0.2) is 8.42 Å². The van der Waals surface area contributed by atoms with Gasteiger partial charge in [0.05, 0.1) is 4.90 Å². The quantitative estimate of drug-likeness (QED) is 0.446. The van der Waals surface area contributed by atoms with Gasteiger partial charge in [-0.3, -0.25) is 9.59 Å². The van der Waals surface area contributed by atoms with Crippen molar-refractivity contribution in [1.82, 2.24) is 10.0 Å². The van der Waals surface area contributed by atoms with E-state index in [0.29, 0.717) is 6.54 Å². The van der Waals surface area contributed by atoms with Gasteiger partial charge in [-0.05, 0) is 50.2 Å². The minimum atomic E-state index is -3.87. The number of carbonyl (C=O) groups is 2. The number of allylic oxidation sites excluding steroid dienone is 1. The minimum absolute atomic E-state index is 0.0632. The van der Waals surface area contributed by atoms with Crippen LogP contribution in [0.1, 0.15) is 46.0 Å². The smallest absolute Gasteiger partial charge is 0.324 e. The van der Waals surface area contributed by atoms with Gasteiger partial charge in [-0.15, -0.1) is 0 Å². The van der Waals surface area contributed by atoms with E-state index in [9.17, 15) is 18.0 Å². The zero-order chi connectivity index (χ0) is 21.3. The van der Waals surface area contributed by atoms with Crippen molar-refractivity contribution in [2.75, 3.05) is 13.2 Å². The van der Waals surface area contributed by atoms with Gasteiger partial charge < -0.3 is 10.1 Å². The molecule has 0 unspecified atom stereocenters. The molecule has 0 saturated carbocycles. The molecule has 2 N–H and O–H groups in total. The molecule has 1 atom stereocenters. The van der Waals surface area contributed by atoms with E-state index in [4.69, 9.17) is 4.74 Å². The Morgan fingerprint density at radius 2 is 1.86 bits per heavy atom. The van der Waals surface area contributed by atoms with Gasteiger partial charge in [0.2, 0.25) is 10.0 Å². The van der Waals surface area contributed by atoms with E-state index in [1.165, 1.54) is 30.5 Å². The fourth-order valence-electron chi connectivity index (χ4n) is 3.06. The van der Waals surface area contributed by atoms with Crippen LogP contribution in [0.2, 0.25) is 0 Å². The molecule has 0 fully saturated rings. The van der Waals surface area contributed by atoms with Crippen LogP contribution in [0.25, 0.3) is 0 Å². The average molecular weight is 423 g/mol. The summed E-state index contributed by atoms with van der Waals surface area (Å²) in [6.45, 7) is 3.47. The lowest BCUT2D eigenvalue weighted by Crippen LogP contribution is -2.46. The van der Waals surface area contributed by atoms with Crippen LogP contribution in [0.15, 0.2) is 46.9 Å². The Morgan fingerprint density at radius 3 is 2.48 bits per heavy atom. The van der Waals surface area contributed by atoms with Crippen molar-refractivity contribution in [3.63, 3.8) is 0 Å². The zero-order valence-corrected chi connectivity index (χ0v) is 17.8. The fourth-order valence-corrected chi connectivity index (χ4v) is 4.42. The van der Waals surface area contributed by atoms with Gasteiger partial charge >= 0.3 is 5.97 Å². The van der Waals surface area contributed by atoms with E-state index in [1.54, 1.807) is 32.0 Å². The SMILES string of the molecule is CC(C)[C@H](NS(=O)(=O)c1ccccc1)C(=O)OCC(=O)NCCC1=CCCCC1. The number of esters is 1. The second-order valence-corrected chi connectivity index (χ2v) is 9.19. The lowest BCUT2D eigenvalue weighted by Gasteiger charge is -2.20. The average Bonchev–Trinajstić information content (AvgIpc) is 2.71. The van der Waals surface area contributed by atoms with E-state index in [1.807, 2.05) is 0 Å². The Labute approximate surface area is 173 Å². The highest BCUT2D eigenvalue weighted by molar-refractivity contribution is 7.89. The first-order chi connectivity index (χ1) is 13.8. The van der Waals surface area contributed by atoms with Crippen molar-refractivity contribution in [3.05, 3.63) is 42.0 Å². The van der Waals surface area contributed by atoms with Crippen molar-refractivity contribution < 1.29 is 22.7 Å². The van der Waals surface area contributed by atoms with Crippen LogP contribution in [0.3, 0.4) is 0 Å². The summed E-state index contributed by atoms with van der Waals surface area (Å²) < 4.78 is 32.4. The largest absolute Gasteiger partial charge is 0.454 e. The highest BCUT2D eigenvalue weighted by Crippen LogP contribution is 2.19. The van der Waals surface area contributed by atoms with E-state index in [0.717, 1.165) is 19.3 Å². The Kier molecular flexibility index (Phi) is 8.85. The molecule has 160 valence electrons. The summed E-state index contributed by atoms with van der Waals surface area (Å²) in [5, 5.41) is 2.73. The molecule has 0 radical (unpaired) electrons. The number of hydrogen-bond donors (Lipinski definition) is 2. The van der Waals surface area contributed by atoms with Gasteiger partial charge in [-0.1, -0.05) is 43.7 Å². The standard InChI is InChI=1S/C21H30N2O5S/c1-16(2)20(23-29(26,27)18-11-7-4-8-12-18)21(25)28-15-19(24)22-14-13-17-9-5-3-6-10-17/h4,7-9,11-12,16,20,23H,3,5-6,10,13-15H2,1-2H3,(H,22,24)/t20-/m0/s1. The lowest BCUT2D eigenvalue weighted by atomic mass is 9.97. The first-order valence-corrected chi connectivity index (χ1v) is 11.5. The van der Waals surface area contributed by atoms with E-state index >= 15 is 0 Å². The van der Waals surface area contributed by atoms with Crippen molar-refractivity contribution in [2.45, 2.75) is 56.9 Å². The monoisotopic (exact) mass is 422 g/mol. The Morgan fingerprint density at radius 1 is 1.14 bits per heavy atom. The summed E-state index contributed by atoms with van der Waals surface area (Å²) in [5.41, 5.74) is 1.35. The van der Waals surface area contributed by atoms with Crippen LogP contribution in [0.5, 0.6) is 0 Å². The summed E-state index contributed by atoms with van der Waals surface area (Å²) in [5.74, 6) is -1.52. The van der Waals surface area contributed by atoms with Crippen LogP contribution in [-0.4, -0.2) is 39.5 Å². The predicted molar refractivity (Wildman–Crippen MR) is 111 cm³/mol. The molecule has 29 heavy (non-hydrogen) atoms. The summed E-state index contributed by atoms with van der Waals surface area (Å²) in [6, 6.07) is 6.72. The Hall–Kier alpha value is -2.19. The highest BCUT2D eigenvalue weighted by atomic mass is 32.2. The number of benzene rings is 1. The molecule has 0 aromatic heterocycles. The molecule has 1 aromatic carbocycles. The molecule has 0 saturated heterocycles. The van der Waals surface area contributed by atoms with Crippen LogP contribution >= 0.6 is 0 Å². The first kappa shape index (κ1) is 23.1. The maximum atomic E-state index is 12.5. The normalized spacial score (nSPS) is 15.5. The predicted octanol–water partition coefficient (Wildman–Crippen LogP) is 2.54. The van der Waals surface area contributed by atoms with Gasteiger partial charge in [0.25, 0.3) is 5.91 Å². The van der Waals surface area contributed by atoms with Gasteiger partial charge in [0.1, 0.15) is 6.04 Å². The molecule has 2 rings (SSSR count). The number of carbonyl (C=O) groups excluding carboxylic acids is 2. The number of rotatable bonds is 10. The Bertz CT molecular complexity index is 819. The maximum absolute atomic E-state index is 12.5. The third-order valence-electron chi connectivity index (χ3n) is 4.76. The summed E-state index contributed by atoms with van der Waals surface area (Å²) in [6.07, 6.45) is 7.59. The minimum Gasteiger partial charge on any atom is -0.454 e. The Balaban J connectivity index is 1.82. The zero-order valence-electron chi connectivity index (χ0n) is 17.0. The highest BCUT2D eigenvalue weighted by Gasteiger charge is 2.30. The van der Waals surface area contributed by atoms with Crippen LogP contribution in [-0.2, 0) is 24.3 Å². The molecule has 1 aliphatic carbocycles. The molecule has 1 aliphatic rings. The second-order valence-electron chi connectivity index (χ2n) is 7.47. The fraction of sp³-hybridized carbons (Fsp3) is 0.524. The van der Waals surface area contributed by atoms with Gasteiger partial charge in [0, 0.05) is 6.54 Å². The van der Waals surface area contributed by atoms with Crippen molar-refractivity contribution in [3.8, 4) is 0 Å². The molecule has 0 heterocycles. The molecule has 7 nitrogen and oxygen atoms in total. The van der Waals surface area contributed by atoms with Gasteiger partial charge in [-0.2, -0.15) is 4.72 Å². The van der Waals surface area contributed by atoms with E-state index in [-0.39, 0.29) is 10.8 Å². The van der Waals surface area contributed by atoms with Crippen LogP contribution in [0.4, 0.5) is 0 Å². The third kappa shape index (κ3) is 7.62. The summed E-state index contributed by atoms with van der Waals surface area (Å²) >= 11 is 0. The molecular formula is C21H30N2O5S. The molecule has 0 aliphatic heterocycles. The molecule has 0 spiro atoms. The number of sulfonamides is 1. The number of hydrogen-bond acceptors (Lipinski definition) is 5. The molecule has 8 heteroatoms. The van der Waals surface area contributed by atoms with Crippen molar-refractivity contribution in [1.29, 1.82) is 0 Å². The topological polar surface area (TPSA) is 102 Å². The summed E-state index contributed by atoms with van der Waals surface area (Å²) in [7, 11) is -3.87. The first-order valence-electron chi connectivity index (χ1n) is 9.98. The maximum Gasteiger partial charge on any atom is 0.324 e. The van der Waals surface area contributed by atoms with Crippen molar-refractivity contribution in [2.24, 2.45) is 5.92 Å². The number of amides is 1. The second kappa shape index (κ2) is 11.1. The lowest BCUT2D eigenvalue weighted by molar-refractivity contribution is -0.151. The van der Waals surface area contributed by atoms with Gasteiger partial charge in [0.15, 0.2) is 6.61 Å². The van der Waals surface area contributed by atoms with E-state index in [2.05, 4.69) is 16.1 Å². The number of nitrogens with one attached hydrogen (secondary N) is 2. The number of ether oxygens (including phenoxy) is 1. The molecule has 1 aromatic rings. The van der Waals surface area contributed by atoms with E-state index < -0.39 is 34.5 Å². The third-order valence-corrected chi connectivity index (χ3v) is 6.21. The van der Waals surface area contributed by atoms with Crippen molar-refractivity contribution >= 4 is 21.9 Å². The molecular weight excluding hydrogens is 392 g/mol. The van der Waals surface area contributed by atoms with Crippen LogP contribution in [0, 0.1) is 5.92 Å². The summed E-state index contributed by atoms with van der Waals surface area (Å²) in [4.78, 5) is 24.4. The van der Waals surface area contributed by atoms with Crippen LogP contribution < -0.4 is 10.0 Å². The molecule has 0 bridgehead atoms.